The maximum absolute atomic E-state index is 11.9. The Morgan fingerprint density at radius 2 is 1.89 bits per heavy atom. The molecule has 5 nitrogen and oxygen atoms in total. The van der Waals surface area contributed by atoms with Crippen molar-refractivity contribution in [1.29, 1.82) is 0 Å². The van der Waals surface area contributed by atoms with E-state index in [0.29, 0.717) is 5.69 Å². The lowest BCUT2D eigenvalue weighted by atomic mass is 10.2. The van der Waals surface area contributed by atoms with Gasteiger partial charge >= 0.3 is 5.69 Å². The summed E-state index contributed by atoms with van der Waals surface area (Å²) in [6.45, 7) is 1.91. The molecule has 2 aromatic heterocycles. The second-order valence-corrected chi connectivity index (χ2v) is 4.91. The molecule has 0 saturated heterocycles. The fourth-order valence-corrected chi connectivity index (χ4v) is 2.90. The standard InChI is InChI=1S/C12H14N2O3S/c1-7-9(17-4)6-18-11(7)8-5-10(15)14(3)12(16)13(8)2/h5-6H,1-4H3. The third-order valence-electron chi connectivity index (χ3n) is 2.97. The van der Waals surface area contributed by atoms with Gasteiger partial charge in [0.25, 0.3) is 5.56 Å². The molecule has 0 atom stereocenters. The van der Waals surface area contributed by atoms with E-state index in [-0.39, 0.29) is 11.2 Å². The van der Waals surface area contributed by atoms with Gasteiger partial charge in [0.15, 0.2) is 0 Å². The van der Waals surface area contributed by atoms with E-state index in [4.69, 9.17) is 4.74 Å². The molecule has 0 aliphatic carbocycles. The Balaban J connectivity index is 2.76. The van der Waals surface area contributed by atoms with Gasteiger partial charge < -0.3 is 4.74 Å². The summed E-state index contributed by atoms with van der Waals surface area (Å²) in [5.74, 6) is 0.767. The van der Waals surface area contributed by atoms with E-state index in [1.807, 2.05) is 12.3 Å². The van der Waals surface area contributed by atoms with Crippen LogP contribution in [0.2, 0.25) is 0 Å². The molecule has 0 radical (unpaired) electrons. The summed E-state index contributed by atoms with van der Waals surface area (Å²) in [6, 6.07) is 1.47. The van der Waals surface area contributed by atoms with Crippen molar-refractivity contribution in [3.8, 4) is 16.3 Å². The summed E-state index contributed by atoms with van der Waals surface area (Å²) < 4.78 is 7.77. The monoisotopic (exact) mass is 266 g/mol. The number of thiophene rings is 1. The lowest BCUT2D eigenvalue weighted by Crippen LogP contribution is -2.36. The molecule has 96 valence electrons. The molecule has 0 N–H and O–H groups in total. The number of aromatic nitrogens is 2. The number of hydrogen-bond acceptors (Lipinski definition) is 4. The molecule has 0 fully saturated rings. The van der Waals surface area contributed by atoms with Gasteiger partial charge in [-0.2, -0.15) is 0 Å². The highest BCUT2D eigenvalue weighted by atomic mass is 32.1. The van der Waals surface area contributed by atoms with Crippen molar-refractivity contribution >= 4 is 11.3 Å². The zero-order chi connectivity index (χ0) is 13.4. The summed E-state index contributed by atoms with van der Waals surface area (Å²) in [5, 5.41) is 1.87. The van der Waals surface area contributed by atoms with E-state index in [9.17, 15) is 9.59 Å². The fourth-order valence-electron chi connectivity index (χ4n) is 1.81. The number of nitrogens with zero attached hydrogens (tertiary/aromatic N) is 2. The van der Waals surface area contributed by atoms with Crippen molar-refractivity contribution in [2.24, 2.45) is 14.1 Å². The topological polar surface area (TPSA) is 53.2 Å². The van der Waals surface area contributed by atoms with Crippen LogP contribution in [0.25, 0.3) is 10.6 Å². The highest BCUT2D eigenvalue weighted by Gasteiger charge is 2.14. The van der Waals surface area contributed by atoms with Gasteiger partial charge in [-0.1, -0.05) is 0 Å². The van der Waals surface area contributed by atoms with E-state index in [0.717, 1.165) is 20.8 Å². The molecule has 0 bridgehead atoms. The maximum atomic E-state index is 11.9. The summed E-state index contributed by atoms with van der Waals surface area (Å²) >= 11 is 1.46. The quantitative estimate of drug-likeness (QED) is 0.818. The number of rotatable bonds is 2. The molecule has 0 unspecified atom stereocenters. The molecule has 0 spiro atoms. The van der Waals surface area contributed by atoms with Crippen LogP contribution < -0.4 is 16.0 Å². The van der Waals surface area contributed by atoms with E-state index >= 15 is 0 Å². The van der Waals surface area contributed by atoms with Gasteiger partial charge in [-0.3, -0.25) is 13.9 Å². The Morgan fingerprint density at radius 3 is 2.44 bits per heavy atom. The van der Waals surface area contributed by atoms with Crippen LogP contribution in [-0.2, 0) is 14.1 Å². The maximum Gasteiger partial charge on any atom is 0.330 e. The Hall–Kier alpha value is -1.82. The van der Waals surface area contributed by atoms with Crippen LogP contribution >= 0.6 is 11.3 Å². The lowest BCUT2D eigenvalue weighted by molar-refractivity contribution is 0.414. The van der Waals surface area contributed by atoms with Crippen molar-refractivity contribution in [2.45, 2.75) is 6.92 Å². The zero-order valence-corrected chi connectivity index (χ0v) is 11.5. The first-order chi connectivity index (χ1) is 8.47. The van der Waals surface area contributed by atoms with Crippen molar-refractivity contribution in [2.75, 3.05) is 7.11 Å². The van der Waals surface area contributed by atoms with Gasteiger partial charge in [0.1, 0.15) is 5.75 Å². The highest BCUT2D eigenvalue weighted by Crippen LogP contribution is 2.35. The summed E-state index contributed by atoms with van der Waals surface area (Å²) in [5.41, 5.74) is 0.920. The van der Waals surface area contributed by atoms with Crippen LogP contribution in [0.5, 0.6) is 5.75 Å². The Kier molecular flexibility index (Phi) is 3.13. The highest BCUT2D eigenvalue weighted by molar-refractivity contribution is 7.14. The van der Waals surface area contributed by atoms with Crippen LogP contribution in [0.15, 0.2) is 21.0 Å². The Bertz CT molecular complexity index is 709. The van der Waals surface area contributed by atoms with Crippen molar-refractivity contribution in [3.63, 3.8) is 0 Å². The first kappa shape index (κ1) is 12.6. The van der Waals surface area contributed by atoms with Crippen molar-refractivity contribution in [1.82, 2.24) is 9.13 Å². The molecule has 2 aromatic rings. The second kappa shape index (κ2) is 4.45. The third-order valence-corrected chi connectivity index (χ3v) is 4.06. The molecule has 2 heterocycles. The average molecular weight is 266 g/mol. The summed E-state index contributed by atoms with van der Waals surface area (Å²) in [7, 11) is 4.72. The molecule has 6 heteroatoms. The minimum atomic E-state index is -0.329. The molecule has 18 heavy (non-hydrogen) atoms. The first-order valence-electron chi connectivity index (χ1n) is 5.37. The number of ether oxygens (including phenoxy) is 1. The van der Waals surface area contributed by atoms with Gasteiger partial charge in [0.2, 0.25) is 0 Å². The zero-order valence-electron chi connectivity index (χ0n) is 10.7. The van der Waals surface area contributed by atoms with E-state index < -0.39 is 0 Å². The minimum Gasteiger partial charge on any atom is -0.496 e. The molecular weight excluding hydrogens is 252 g/mol. The molecule has 0 amide bonds. The fraction of sp³-hybridized carbons (Fsp3) is 0.333. The summed E-state index contributed by atoms with van der Waals surface area (Å²) in [6.07, 6.45) is 0. The molecule has 0 aliphatic rings. The van der Waals surface area contributed by atoms with E-state index in [1.54, 1.807) is 14.2 Å². The number of methoxy groups -OCH3 is 1. The lowest BCUT2D eigenvalue weighted by Gasteiger charge is -2.08. The van der Waals surface area contributed by atoms with Crippen LogP contribution in [0.1, 0.15) is 5.56 Å². The molecule has 0 saturated carbocycles. The molecule has 0 aromatic carbocycles. The van der Waals surface area contributed by atoms with Crippen LogP contribution in [0.3, 0.4) is 0 Å². The number of hydrogen-bond donors (Lipinski definition) is 0. The molecule has 2 rings (SSSR count). The summed E-state index contributed by atoms with van der Waals surface area (Å²) in [4.78, 5) is 24.4. The van der Waals surface area contributed by atoms with Crippen LogP contribution in [0, 0.1) is 6.92 Å². The SMILES string of the molecule is COc1csc(-c2cc(=O)n(C)c(=O)n2C)c1C. The predicted octanol–water partition coefficient (Wildman–Crippen LogP) is 1.13. The minimum absolute atomic E-state index is 0.306. The van der Waals surface area contributed by atoms with Gasteiger partial charge in [-0.25, -0.2) is 4.79 Å². The van der Waals surface area contributed by atoms with Crippen LogP contribution in [-0.4, -0.2) is 16.2 Å². The largest absolute Gasteiger partial charge is 0.496 e. The van der Waals surface area contributed by atoms with Crippen LogP contribution in [0.4, 0.5) is 0 Å². The Labute approximate surface area is 108 Å². The molecule has 0 aliphatic heterocycles. The average Bonchev–Trinajstić information content (AvgIpc) is 2.72. The van der Waals surface area contributed by atoms with E-state index in [1.165, 1.54) is 29.0 Å². The smallest absolute Gasteiger partial charge is 0.330 e. The third kappa shape index (κ3) is 1.78. The van der Waals surface area contributed by atoms with Crippen molar-refractivity contribution in [3.05, 3.63) is 37.8 Å². The normalized spacial score (nSPS) is 10.7. The Morgan fingerprint density at radius 1 is 1.22 bits per heavy atom. The van der Waals surface area contributed by atoms with E-state index in [2.05, 4.69) is 0 Å². The first-order valence-corrected chi connectivity index (χ1v) is 6.24. The molecular formula is C12H14N2O3S. The predicted molar refractivity (Wildman–Crippen MR) is 71.5 cm³/mol. The van der Waals surface area contributed by atoms with Crippen molar-refractivity contribution < 1.29 is 4.74 Å². The van der Waals surface area contributed by atoms with Gasteiger partial charge in [-0.15, -0.1) is 11.3 Å². The van der Waals surface area contributed by atoms with Gasteiger partial charge in [0, 0.05) is 31.1 Å². The second-order valence-electron chi connectivity index (χ2n) is 4.03. The van der Waals surface area contributed by atoms with Gasteiger partial charge in [0.05, 0.1) is 17.7 Å². The van der Waals surface area contributed by atoms with Gasteiger partial charge in [-0.05, 0) is 6.92 Å².